The van der Waals surface area contributed by atoms with E-state index in [0.717, 1.165) is 12.4 Å². The van der Waals surface area contributed by atoms with Crippen LogP contribution in [0.2, 0.25) is 0 Å². The van der Waals surface area contributed by atoms with Crippen LogP contribution < -0.4 is 10.6 Å². The van der Waals surface area contributed by atoms with Crippen LogP contribution in [0.15, 0.2) is 35.6 Å². The molecule has 204 valence electrons. The summed E-state index contributed by atoms with van der Waals surface area (Å²) in [6, 6.07) is 3.77. The zero-order valence-corrected chi connectivity index (χ0v) is 21.4. The molecule has 4 rings (SSSR count). The summed E-state index contributed by atoms with van der Waals surface area (Å²) < 4.78 is 57.8. The molecule has 0 radical (unpaired) electrons. The zero-order chi connectivity index (χ0) is 27.8. The maximum Gasteiger partial charge on any atom is 0.415 e. The number of rotatable bonds is 4. The van der Waals surface area contributed by atoms with Gasteiger partial charge in [0.05, 0.1) is 31.0 Å². The van der Waals surface area contributed by atoms with Crippen molar-refractivity contribution in [3.63, 3.8) is 0 Å². The van der Waals surface area contributed by atoms with Crippen molar-refractivity contribution < 1.29 is 37.0 Å². The minimum absolute atomic E-state index is 0.0130. The van der Waals surface area contributed by atoms with Gasteiger partial charge < -0.3 is 19.5 Å². The number of carbonyl (C=O) groups excluding carboxylic acids is 2. The van der Waals surface area contributed by atoms with Gasteiger partial charge in [-0.2, -0.15) is 0 Å². The van der Waals surface area contributed by atoms with Crippen LogP contribution in [0.1, 0.15) is 62.8 Å². The number of alkyl carbamates (subject to hydrolysis) is 1. The van der Waals surface area contributed by atoms with E-state index in [-0.39, 0.29) is 35.7 Å². The van der Waals surface area contributed by atoms with Gasteiger partial charge in [-0.3, -0.25) is 9.78 Å². The molecular formula is C25H28F3N5O5. The third-order valence-electron chi connectivity index (χ3n) is 6.15. The third-order valence-corrected chi connectivity index (χ3v) is 6.15. The maximum atomic E-state index is 15.4. The number of amides is 2. The lowest BCUT2D eigenvalue weighted by molar-refractivity contribution is 0.0332. The number of amidine groups is 1. The number of halogens is 3. The molecule has 0 spiro atoms. The molecule has 2 amide bonds. The molecule has 1 aromatic heterocycles. The number of anilines is 1. The molecule has 3 heterocycles. The molecule has 10 nitrogen and oxygen atoms in total. The third kappa shape index (κ3) is 5.57. The first kappa shape index (κ1) is 27.3. The Hall–Kier alpha value is -3.74. The van der Waals surface area contributed by atoms with E-state index in [1.54, 1.807) is 27.7 Å². The van der Waals surface area contributed by atoms with E-state index in [1.165, 1.54) is 18.2 Å². The molecule has 2 aromatic rings. The number of hydrogen-bond donors (Lipinski definition) is 2. The highest BCUT2D eigenvalue weighted by atomic mass is 19.3. The van der Waals surface area contributed by atoms with Gasteiger partial charge in [0.25, 0.3) is 18.4 Å². The average molecular weight is 536 g/mol. The summed E-state index contributed by atoms with van der Waals surface area (Å²) in [5.41, 5.74) is -2.49. The van der Waals surface area contributed by atoms with Crippen molar-refractivity contribution in [3.05, 3.63) is 53.4 Å². The minimum Gasteiger partial charge on any atom is -0.461 e. The predicted octanol–water partition coefficient (Wildman–Crippen LogP) is 4.34. The van der Waals surface area contributed by atoms with Crippen molar-refractivity contribution in [2.75, 3.05) is 11.9 Å². The number of hydrogen-bond acceptors (Lipinski definition) is 8. The number of fused-ring (bicyclic) bond motifs is 1. The van der Waals surface area contributed by atoms with Crippen molar-refractivity contribution in [1.82, 2.24) is 15.3 Å². The van der Waals surface area contributed by atoms with Gasteiger partial charge in [0.15, 0.2) is 0 Å². The fourth-order valence-corrected chi connectivity index (χ4v) is 4.64. The number of benzene rings is 1. The molecule has 38 heavy (non-hydrogen) atoms. The Labute approximate surface area is 217 Å². The van der Waals surface area contributed by atoms with Crippen molar-refractivity contribution >= 4 is 23.7 Å². The predicted molar refractivity (Wildman–Crippen MR) is 129 cm³/mol. The second-order valence-electron chi connectivity index (χ2n) is 10.1. The van der Waals surface area contributed by atoms with Crippen LogP contribution in [-0.4, -0.2) is 52.4 Å². The summed E-state index contributed by atoms with van der Waals surface area (Å²) in [6.45, 7) is 8.69. The summed E-state index contributed by atoms with van der Waals surface area (Å²) in [4.78, 5) is 36.9. The molecule has 0 bridgehead atoms. The van der Waals surface area contributed by atoms with Gasteiger partial charge >= 0.3 is 6.09 Å². The van der Waals surface area contributed by atoms with Crippen LogP contribution in [0.5, 0.6) is 0 Å². The molecule has 13 heteroatoms. The fourth-order valence-electron chi connectivity index (χ4n) is 4.64. The highest BCUT2D eigenvalue weighted by Gasteiger charge is 2.56. The van der Waals surface area contributed by atoms with Gasteiger partial charge in [0, 0.05) is 11.3 Å². The Bertz CT molecular complexity index is 1250. The van der Waals surface area contributed by atoms with E-state index >= 15 is 4.39 Å². The Morgan fingerprint density at radius 3 is 2.50 bits per heavy atom. The van der Waals surface area contributed by atoms with Crippen molar-refractivity contribution in [2.45, 2.75) is 64.4 Å². The first-order valence-electron chi connectivity index (χ1n) is 11.9. The van der Waals surface area contributed by atoms with E-state index in [9.17, 15) is 18.4 Å². The molecule has 2 N–H and O–H groups in total. The highest BCUT2D eigenvalue weighted by molar-refractivity contribution is 6.02. The number of aliphatic imine (C=N–C) groups is 1. The number of ether oxygens (including phenoxy) is 3. The summed E-state index contributed by atoms with van der Waals surface area (Å²) in [5.74, 6) is -1.77. The van der Waals surface area contributed by atoms with Crippen LogP contribution >= 0.6 is 0 Å². The van der Waals surface area contributed by atoms with Gasteiger partial charge in [-0.1, -0.05) is 0 Å². The summed E-state index contributed by atoms with van der Waals surface area (Å²) in [7, 11) is 0. The Morgan fingerprint density at radius 2 is 1.87 bits per heavy atom. The molecule has 1 aromatic carbocycles. The second-order valence-corrected chi connectivity index (χ2v) is 10.1. The summed E-state index contributed by atoms with van der Waals surface area (Å²) in [6.07, 6.45) is -2.76. The standard InChI is InChI=1S/C25H28F3N5O5/c1-12-19-13(2)37-22(32-23(35)38-24(3,4)5)33-25(19,11-36-12)15-8-14(6-7-16(15)26)31-21(34)18-10-29-17(9-30-18)20(27)28/h6-10,12-13,19-20H,11H2,1-5H3,(H,31,34)(H,32,33,35)/t12-,13-,19?,25?/m1/s1. The average Bonchev–Trinajstić information content (AvgIpc) is 3.16. The van der Waals surface area contributed by atoms with Gasteiger partial charge in [-0.15, -0.1) is 0 Å². The highest BCUT2D eigenvalue weighted by Crippen LogP contribution is 2.48. The van der Waals surface area contributed by atoms with Crippen molar-refractivity contribution in [1.29, 1.82) is 0 Å². The molecule has 2 aliphatic rings. The number of alkyl halides is 2. The van der Waals surface area contributed by atoms with Gasteiger partial charge in [-0.05, 0) is 52.8 Å². The largest absolute Gasteiger partial charge is 0.461 e. The lowest BCUT2D eigenvalue weighted by Gasteiger charge is -2.40. The smallest absolute Gasteiger partial charge is 0.415 e. The van der Waals surface area contributed by atoms with Crippen LogP contribution in [-0.2, 0) is 19.7 Å². The zero-order valence-electron chi connectivity index (χ0n) is 21.4. The lowest BCUT2D eigenvalue weighted by Crippen LogP contribution is -2.51. The van der Waals surface area contributed by atoms with Gasteiger partial charge in [0.1, 0.15) is 34.4 Å². The fraction of sp³-hybridized carbons (Fsp3) is 0.480. The molecule has 4 atom stereocenters. The molecule has 2 unspecified atom stereocenters. The van der Waals surface area contributed by atoms with Crippen LogP contribution in [0, 0.1) is 11.7 Å². The van der Waals surface area contributed by atoms with Gasteiger partial charge in [-0.25, -0.2) is 33.3 Å². The van der Waals surface area contributed by atoms with Crippen molar-refractivity contribution in [3.8, 4) is 0 Å². The Morgan fingerprint density at radius 1 is 1.13 bits per heavy atom. The summed E-state index contributed by atoms with van der Waals surface area (Å²) in [5, 5.41) is 5.05. The van der Waals surface area contributed by atoms with Crippen molar-refractivity contribution in [2.24, 2.45) is 10.9 Å². The SMILES string of the molecule is C[C@H]1OCC2(c3cc(NC(=O)c4cnc(C(F)F)cn4)ccc3F)N=C(NC(=O)OC(C)(C)C)O[C@H](C)C12. The number of aromatic nitrogens is 2. The van der Waals surface area contributed by atoms with Crippen LogP contribution in [0.3, 0.4) is 0 Å². The maximum absolute atomic E-state index is 15.4. The minimum atomic E-state index is -2.82. The molecule has 2 aliphatic heterocycles. The van der Waals surface area contributed by atoms with E-state index < -0.39 is 53.1 Å². The van der Waals surface area contributed by atoms with E-state index in [0.29, 0.717) is 0 Å². The Kier molecular flexibility index (Phi) is 7.33. The Balaban J connectivity index is 1.66. The molecule has 1 fully saturated rings. The number of nitrogens with zero attached hydrogens (tertiary/aromatic N) is 3. The van der Waals surface area contributed by atoms with E-state index in [2.05, 4.69) is 25.6 Å². The quantitative estimate of drug-likeness (QED) is 0.597. The monoisotopic (exact) mass is 535 g/mol. The van der Waals surface area contributed by atoms with E-state index in [1.807, 2.05) is 6.92 Å². The lowest BCUT2D eigenvalue weighted by atomic mass is 9.75. The summed E-state index contributed by atoms with van der Waals surface area (Å²) >= 11 is 0. The van der Waals surface area contributed by atoms with Gasteiger partial charge in [0.2, 0.25) is 0 Å². The molecule has 0 saturated carbocycles. The first-order valence-corrected chi connectivity index (χ1v) is 11.9. The molecule has 0 aliphatic carbocycles. The first-order chi connectivity index (χ1) is 17.8. The number of carbonyl (C=O) groups is 2. The van der Waals surface area contributed by atoms with E-state index in [4.69, 9.17) is 14.2 Å². The molecule has 1 saturated heterocycles. The van der Waals surface area contributed by atoms with Crippen LogP contribution in [0.25, 0.3) is 0 Å². The normalized spacial score (nSPS) is 24.8. The topological polar surface area (TPSA) is 124 Å². The van der Waals surface area contributed by atoms with Crippen LogP contribution in [0.4, 0.5) is 23.7 Å². The molecular weight excluding hydrogens is 507 g/mol. The number of nitrogens with one attached hydrogen (secondary N) is 2. The second kappa shape index (κ2) is 10.2.